The molecule has 1 aromatic carbocycles. The SMILES string of the molecule is O=C([O-])CCC(=O)N[C@H]1CO[C@H]2[C@@H]1OC[C@@H]2n1nnnc1Oc1ccc2c(c1)OCO2. The average Bonchev–Trinajstić information content (AvgIpc) is 3.52. The highest BCUT2D eigenvalue weighted by atomic mass is 16.7. The Hall–Kier alpha value is -3.45. The molecule has 0 radical (unpaired) electrons. The second-order valence-corrected chi connectivity index (χ2v) is 7.23. The smallest absolute Gasteiger partial charge is 0.341 e. The van der Waals surface area contributed by atoms with Crippen LogP contribution in [0.15, 0.2) is 18.2 Å². The molecular weight excluding hydrogens is 414 g/mol. The van der Waals surface area contributed by atoms with Crippen LogP contribution in [0.5, 0.6) is 23.3 Å². The van der Waals surface area contributed by atoms with Crippen molar-refractivity contribution < 1.29 is 38.4 Å². The summed E-state index contributed by atoms with van der Waals surface area (Å²) in [7, 11) is 0. The van der Waals surface area contributed by atoms with E-state index in [1.54, 1.807) is 18.2 Å². The number of carbonyl (C=O) groups excluding carboxylic acids is 2. The number of aromatic nitrogens is 4. The number of hydrogen-bond donors (Lipinski definition) is 1. The lowest BCUT2D eigenvalue weighted by Crippen LogP contribution is -2.44. The van der Waals surface area contributed by atoms with Gasteiger partial charge in [-0.2, -0.15) is 4.68 Å². The largest absolute Gasteiger partial charge is 0.550 e. The Balaban J connectivity index is 1.25. The summed E-state index contributed by atoms with van der Waals surface area (Å²) in [5.74, 6) is -0.00863. The lowest BCUT2D eigenvalue weighted by atomic mass is 10.1. The second-order valence-electron chi connectivity index (χ2n) is 7.23. The van der Waals surface area contributed by atoms with Crippen LogP contribution in [0.4, 0.5) is 0 Å². The molecule has 31 heavy (non-hydrogen) atoms. The van der Waals surface area contributed by atoms with Gasteiger partial charge in [0.2, 0.25) is 12.7 Å². The van der Waals surface area contributed by atoms with Gasteiger partial charge in [0, 0.05) is 18.5 Å². The number of fused-ring (bicyclic) bond motifs is 2. The van der Waals surface area contributed by atoms with Gasteiger partial charge >= 0.3 is 6.01 Å². The molecule has 164 valence electrons. The van der Waals surface area contributed by atoms with Crippen molar-refractivity contribution in [3.8, 4) is 23.3 Å². The number of tetrazole rings is 1. The van der Waals surface area contributed by atoms with Gasteiger partial charge in [0.15, 0.2) is 11.5 Å². The molecular formula is C18H18N5O8-. The van der Waals surface area contributed by atoms with Crippen LogP contribution in [0, 0.1) is 0 Å². The molecule has 0 aliphatic carbocycles. The zero-order valence-electron chi connectivity index (χ0n) is 16.1. The van der Waals surface area contributed by atoms with Gasteiger partial charge in [-0.25, -0.2) is 0 Å². The molecule has 13 nitrogen and oxygen atoms in total. The van der Waals surface area contributed by atoms with Gasteiger partial charge in [0.1, 0.15) is 24.0 Å². The highest BCUT2D eigenvalue weighted by Crippen LogP contribution is 2.38. The normalized spacial score (nSPS) is 25.9. The van der Waals surface area contributed by atoms with Gasteiger partial charge < -0.3 is 38.9 Å². The predicted octanol–water partition coefficient (Wildman–Crippen LogP) is -1.45. The summed E-state index contributed by atoms with van der Waals surface area (Å²) in [4.78, 5) is 22.5. The molecule has 1 amide bonds. The first-order valence-corrected chi connectivity index (χ1v) is 9.66. The first kappa shape index (κ1) is 19.5. The molecule has 5 rings (SSSR count). The molecule has 1 N–H and O–H groups in total. The van der Waals surface area contributed by atoms with Gasteiger partial charge in [0.25, 0.3) is 0 Å². The van der Waals surface area contributed by atoms with E-state index >= 15 is 0 Å². The Kier molecular flexibility index (Phi) is 5.03. The number of carboxylic acid groups (broad SMARTS) is 1. The topological polar surface area (TPSA) is 159 Å². The Morgan fingerprint density at radius 3 is 2.87 bits per heavy atom. The van der Waals surface area contributed by atoms with Crippen molar-refractivity contribution in [1.82, 2.24) is 25.5 Å². The Bertz CT molecular complexity index is 997. The first-order valence-electron chi connectivity index (χ1n) is 9.66. The molecule has 4 heterocycles. The molecule has 2 fully saturated rings. The first-order chi connectivity index (χ1) is 15.1. The molecule has 2 saturated heterocycles. The molecule has 0 bridgehead atoms. The third-order valence-corrected chi connectivity index (χ3v) is 5.26. The number of carbonyl (C=O) groups is 2. The van der Waals surface area contributed by atoms with Crippen molar-refractivity contribution in [1.29, 1.82) is 0 Å². The van der Waals surface area contributed by atoms with Crippen molar-refractivity contribution >= 4 is 11.9 Å². The monoisotopic (exact) mass is 432 g/mol. The summed E-state index contributed by atoms with van der Waals surface area (Å²) in [6, 6.07) is 4.50. The van der Waals surface area contributed by atoms with Crippen molar-refractivity contribution in [2.75, 3.05) is 20.0 Å². The molecule has 4 atom stereocenters. The van der Waals surface area contributed by atoms with E-state index in [0.29, 0.717) is 17.2 Å². The third-order valence-electron chi connectivity index (χ3n) is 5.26. The number of amides is 1. The van der Waals surface area contributed by atoms with Crippen molar-refractivity contribution in [3.63, 3.8) is 0 Å². The molecule has 13 heteroatoms. The van der Waals surface area contributed by atoms with E-state index in [-0.39, 0.29) is 44.9 Å². The van der Waals surface area contributed by atoms with E-state index < -0.39 is 30.1 Å². The van der Waals surface area contributed by atoms with Gasteiger partial charge in [-0.1, -0.05) is 5.10 Å². The van der Waals surface area contributed by atoms with E-state index in [9.17, 15) is 14.7 Å². The number of nitrogens with zero attached hydrogens (tertiary/aromatic N) is 4. The minimum atomic E-state index is -1.28. The van der Waals surface area contributed by atoms with Crippen LogP contribution in [0.2, 0.25) is 0 Å². The lowest BCUT2D eigenvalue weighted by Gasteiger charge is -2.18. The zero-order chi connectivity index (χ0) is 21.4. The average molecular weight is 432 g/mol. The van der Waals surface area contributed by atoms with E-state index in [2.05, 4.69) is 20.8 Å². The van der Waals surface area contributed by atoms with E-state index in [1.807, 2.05) is 0 Å². The summed E-state index contributed by atoms with van der Waals surface area (Å²) >= 11 is 0. The second kappa shape index (κ2) is 8.00. The molecule has 0 unspecified atom stereocenters. The Labute approximate surface area is 175 Å². The summed E-state index contributed by atoms with van der Waals surface area (Å²) in [5, 5.41) is 24.9. The molecule has 2 aromatic rings. The van der Waals surface area contributed by atoms with Gasteiger partial charge in [-0.05, 0) is 29.0 Å². The maximum Gasteiger partial charge on any atom is 0.341 e. The third kappa shape index (κ3) is 3.84. The number of carboxylic acids is 1. The lowest BCUT2D eigenvalue weighted by molar-refractivity contribution is -0.305. The molecule has 3 aliphatic heterocycles. The van der Waals surface area contributed by atoms with Gasteiger partial charge in [0.05, 0.1) is 19.3 Å². The standard InChI is InChI=1S/C18H19N5O8/c24-14(3-4-15(25)26)19-10-6-27-17-11(7-28-16(10)17)23-18(20-21-22-23)31-9-1-2-12-13(5-9)30-8-29-12/h1-2,5,10-11,16-17H,3-4,6-8H2,(H,19,24)(H,25,26)/p-1/t10-,11-,16+,17+/m0/s1. The van der Waals surface area contributed by atoms with Crippen LogP contribution >= 0.6 is 0 Å². The minimum Gasteiger partial charge on any atom is -0.550 e. The van der Waals surface area contributed by atoms with Crippen LogP contribution in [0.1, 0.15) is 18.9 Å². The van der Waals surface area contributed by atoms with Gasteiger partial charge in [-0.15, -0.1) is 0 Å². The van der Waals surface area contributed by atoms with Gasteiger partial charge in [-0.3, -0.25) is 4.79 Å². The van der Waals surface area contributed by atoms with Crippen LogP contribution < -0.4 is 24.6 Å². The van der Waals surface area contributed by atoms with Crippen LogP contribution in [0.25, 0.3) is 0 Å². The fraction of sp³-hybridized carbons (Fsp3) is 0.500. The van der Waals surface area contributed by atoms with Crippen LogP contribution in [-0.4, -0.2) is 70.3 Å². The Morgan fingerprint density at radius 1 is 1.16 bits per heavy atom. The summed E-state index contributed by atoms with van der Waals surface area (Å²) in [6.07, 6.45) is -1.34. The van der Waals surface area contributed by atoms with Crippen molar-refractivity contribution in [3.05, 3.63) is 18.2 Å². The van der Waals surface area contributed by atoms with Crippen molar-refractivity contribution in [2.24, 2.45) is 0 Å². The number of ether oxygens (including phenoxy) is 5. The summed E-state index contributed by atoms with van der Waals surface area (Å²) in [5.41, 5.74) is 0. The van der Waals surface area contributed by atoms with E-state index in [0.717, 1.165) is 0 Å². The predicted molar refractivity (Wildman–Crippen MR) is 95.1 cm³/mol. The maximum atomic E-state index is 12.0. The zero-order valence-corrected chi connectivity index (χ0v) is 16.1. The summed E-state index contributed by atoms with van der Waals surface area (Å²) < 4.78 is 29.6. The Morgan fingerprint density at radius 2 is 2.00 bits per heavy atom. The molecule has 1 aromatic heterocycles. The minimum absolute atomic E-state index is 0.151. The fourth-order valence-electron chi connectivity index (χ4n) is 3.81. The highest BCUT2D eigenvalue weighted by molar-refractivity contribution is 5.80. The molecule has 0 spiro atoms. The number of rotatable bonds is 7. The van der Waals surface area contributed by atoms with Crippen molar-refractivity contribution in [2.45, 2.75) is 37.1 Å². The van der Waals surface area contributed by atoms with E-state index in [4.69, 9.17) is 23.7 Å². The summed E-state index contributed by atoms with van der Waals surface area (Å²) in [6.45, 7) is 0.633. The maximum absolute atomic E-state index is 12.0. The quantitative estimate of drug-likeness (QED) is 0.545. The molecule has 0 saturated carbocycles. The number of aliphatic carboxylic acids is 1. The highest BCUT2D eigenvalue weighted by Gasteiger charge is 2.50. The number of benzene rings is 1. The van der Waals surface area contributed by atoms with Crippen LogP contribution in [-0.2, 0) is 19.1 Å². The fourth-order valence-corrected chi connectivity index (χ4v) is 3.81. The van der Waals surface area contributed by atoms with E-state index in [1.165, 1.54) is 4.68 Å². The number of hydrogen-bond acceptors (Lipinski definition) is 11. The number of nitrogens with one attached hydrogen (secondary N) is 1. The van der Waals surface area contributed by atoms with Crippen LogP contribution in [0.3, 0.4) is 0 Å². The molecule has 3 aliphatic rings.